The van der Waals surface area contributed by atoms with Crippen LogP contribution in [0.5, 0.6) is 0 Å². The minimum Gasteiger partial charge on any atom is -0.352 e. The van der Waals surface area contributed by atoms with E-state index in [1.807, 2.05) is 31.2 Å². The maximum atomic E-state index is 13.1. The zero-order chi connectivity index (χ0) is 28.3. The zero-order valence-corrected chi connectivity index (χ0v) is 24.8. The van der Waals surface area contributed by atoms with Crippen LogP contribution in [0.3, 0.4) is 0 Å². The predicted octanol–water partition coefficient (Wildman–Crippen LogP) is 6.25. The summed E-state index contributed by atoms with van der Waals surface area (Å²) in [5, 5.41) is 14.1. The van der Waals surface area contributed by atoms with Crippen LogP contribution in [0.25, 0.3) is 22.1 Å². The van der Waals surface area contributed by atoms with Gasteiger partial charge in [-0.1, -0.05) is 77.5 Å². The molecule has 0 radical (unpaired) electrons. The second-order valence-electron chi connectivity index (χ2n) is 10.8. The van der Waals surface area contributed by atoms with Crippen LogP contribution in [0.1, 0.15) is 36.5 Å². The van der Waals surface area contributed by atoms with Crippen molar-refractivity contribution >= 4 is 51.3 Å². The first-order valence-corrected chi connectivity index (χ1v) is 15.3. The normalized spacial score (nSPS) is 15.4. The molecule has 1 amide bonds. The Labute approximate surface area is 249 Å². The lowest BCUT2D eigenvalue weighted by molar-refractivity contribution is -0.121. The van der Waals surface area contributed by atoms with Crippen molar-refractivity contribution in [3.05, 3.63) is 94.5 Å². The molecule has 1 aliphatic heterocycles. The van der Waals surface area contributed by atoms with Crippen molar-refractivity contribution in [2.45, 2.75) is 56.2 Å². The summed E-state index contributed by atoms with van der Waals surface area (Å²) >= 11 is 7.62. The number of likely N-dealkylation sites (tertiary alicyclic amines) is 1. The molecule has 1 aliphatic rings. The second-order valence-corrected chi connectivity index (χ2v) is 12.6. The number of aryl methyl sites for hydroxylation is 1. The Hall–Kier alpha value is -3.46. The lowest BCUT2D eigenvalue weighted by Gasteiger charge is -2.32. The molecule has 0 aliphatic carbocycles. The molecule has 0 bridgehead atoms. The number of thioether (sulfide) groups is 1. The number of rotatable bonds is 8. The van der Waals surface area contributed by atoms with Gasteiger partial charge in [0.05, 0.1) is 10.8 Å². The van der Waals surface area contributed by atoms with E-state index < -0.39 is 0 Å². The number of hydrogen-bond acceptors (Lipinski definition) is 6. The van der Waals surface area contributed by atoms with E-state index in [2.05, 4.69) is 80.4 Å². The third-order valence-electron chi connectivity index (χ3n) is 7.67. The summed E-state index contributed by atoms with van der Waals surface area (Å²) in [6.07, 6.45) is 1.89. The lowest BCUT2D eigenvalue weighted by Crippen LogP contribution is -2.46. The van der Waals surface area contributed by atoms with Crippen molar-refractivity contribution in [1.82, 2.24) is 30.0 Å². The van der Waals surface area contributed by atoms with Crippen molar-refractivity contribution < 1.29 is 4.79 Å². The van der Waals surface area contributed by atoms with Crippen molar-refractivity contribution in [2.24, 2.45) is 0 Å². The second kappa shape index (κ2) is 12.2. The Kier molecular flexibility index (Phi) is 8.23. The number of nitrogens with one attached hydrogen (secondary N) is 1. The highest BCUT2D eigenvalue weighted by Gasteiger charge is 2.25. The molecule has 7 nitrogen and oxygen atoms in total. The van der Waals surface area contributed by atoms with E-state index in [4.69, 9.17) is 16.6 Å². The largest absolute Gasteiger partial charge is 0.352 e. The van der Waals surface area contributed by atoms with E-state index >= 15 is 0 Å². The highest BCUT2D eigenvalue weighted by Crippen LogP contribution is 2.30. The molecule has 6 rings (SSSR count). The Morgan fingerprint density at radius 1 is 1.00 bits per heavy atom. The zero-order valence-electron chi connectivity index (χ0n) is 23.3. The number of benzene rings is 3. The van der Waals surface area contributed by atoms with Gasteiger partial charge in [-0.05, 0) is 62.1 Å². The van der Waals surface area contributed by atoms with Crippen molar-refractivity contribution in [1.29, 1.82) is 0 Å². The number of piperidine rings is 1. The Balaban J connectivity index is 1.15. The Morgan fingerprint density at radius 3 is 2.56 bits per heavy atom. The maximum Gasteiger partial charge on any atom is 0.233 e. The fourth-order valence-corrected chi connectivity index (χ4v) is 6.42. The summed E-state index contributed by atoms with van der Waals surface area (Å²) in [4.78, 5) is 20.5. The summed E-state index contributed by atoms with van der Waals surface area (Å²) in [5.74, 6) is 0.00954. The number of carbonyl (C=O) groups is 1. The predicted molar refractivity (Wildman–Crippen MR) is 166 cm³/mol. The number of nitrogens with zero attached hydrogens (tertiary/aromatic N) is 5. The van der Waals surface area contributed by atoms with Gasteiger partial charge in [0.2, 0.25) is 11.1 Å². The van der Waals surface area contributed by atoms with Gasteiger partial charge in [0.1, 0.15) is 5.52 Å². The highest BCUT2D eigenvalue weighted by atomic mass is 35.5. The molecule has 1 saturated heterocycles. The first-order valence-electron chi connectivity index (χ1n) is 14.0. The minimum absolute atomic E-state index is 0.00954. The molecule has 3 heterocycles. The quantitative estimate of drug-likeness (QED) is 0.217. The third kappa shape index (κ3) is 6.40. The molecule has 1 N–H and O–H groups in total. The van der Waals surface area contributed by atoms with Gasteiger partial charge in [0.15, 0.2) is 5.65 Å². The Bertz CT molecular complexity index is 1680. The summed E-state index contributed by atoms with van der Waals surface area (Å²) in [6, 6.07) is 24.9. The van der Waals surface area contributed by atoms with E-state index in [9.17, 15) is 4.79 Å². The smallest absolute Gasteiger partial charge is 0.233 e. The highest BCUT2D eigenvalue weighted by molar-refractivity contribution is 8.00. The summed E-state index contributed by atoms with van der Waals surface area (Å²) in [6.45, 7) is 7.48. The van der Waals surface area contributed by atoms with E-state index in [0.29, 0.717) is 16.7 Å². The summed E-state index contributed by atoms with van der Waals surface area (Å²) in [5.41, 5.74) is 6.10. The molecule has 210 valence electrons. The number of carbonyl (C=O) groups excluding carboxylic acids is 1. The third-order valence-corrected chi connectivity index (χ3v) is 8.85. The Morgan fingerprint density at radius 2 is 1.78 bits per heavy atom. The standard InChI is InChI=1S/C32H33ClN6OS/c1-21-11-12-28-27(17-21)29-30(39(28)20-24-9-6-10-25(33)18-24)35-32(37-36-29)41-22(2)31(40)34-26-13-15-38(16-14-26)19-23-7-4-3-5-8-23/h3-12,17-18,22,26H,13-16,19-20H2,1-2H3,(H,34,40). The van der Waals surface area contributed by atoms with Crippen LogP contribution < -0.4 is 5.32 Å². The van der Waals surface area contributed by atoms with Crippen LogP contribution in [0.15, 0.2) is 78.0 Å². The van der Waals surface area contributed by atoms with Gasteiger partial charge in [-0.2, -0.15) is 0 Å². The molecular formula is C32H33ClN6OS. The number of hydrogen-bond donors (Lipinski definition) is 1. The molecule has 1 unspecified atom stereocenters. The van der Waals surface area contributed by atoms with Gasteiger partial charge in [-0.25, -0.2) is 4.98 Å². The van der Waals surface area contributed by atoms with Gasteiger partial charge in [-0.3, -0.25) is 9.69 Å². The van der Waals surface area contributed by atoms with Gasteiger partial charge in [0, 0.05) is 42.6 Å². The van der Waals surface area contributed by atoms with Crippen LogP contribution in [-0.4, -0.2) is 54.9 Å². The monoisotopic (exact) mass is 584 g/mol. The molecular weight excluding hydrogens is 552 g/mol. The van der Waals surface area contributed by atoms with Gasteiger partial charge >= 0.3 is 0 Å². The topological polar surface area (TPSA) is 75.9 Å². The molecule has 41 heavy (non-hydrogen) atoms. The lowest BCUT2D eigenvalue weighted by atomic mass is 10.0. The SMILES string of the molecule is Cc1ccc2c(c1)c1nnc(SC(C)C(=O)NC3CCN(Cc4ccccc4)CC3)nc1n2Cc1cccc(Cl)c1. The fraction of sp³-hybridized carbons (Fsp3) is 0.312. The van der Waals surface area contributed by atoms with Crippen LogP contribution in [0.2, 0.25) is 5.02 Å². The minimum atomic E-state index is -0.343. The maximum absolute atomic E-state index is 13.1. The number of amides is 1. The van der Waals surface area contributed by atoms with Gasteiger partial charge in [0.25, 0.3) is 0 Å². The molecule has 3 aromatic carbocycles. The molecule has 5 aromatic rings. The van der Waals surface area contributed by atoms with Crippen LogP contribution in [0.4, 0.5) is 0 Å². The van der Waals surface area contributed by atoms with Crippen molar-refractivity contribution in [3.63, 3.8) is 0 Å². The first-order chi connectivity index (χ1) is 19.9. The molecule has 0 saturated carbocycles. The molecule has 9 heteroatoms. The van der Waals surface area contributed by atoms with Crippen LogP contribution >= 0.6 is 23.4 Å². The average Bonchev–Trinajstić information content (AvgIpc) is 3.26. The van der Waals surface area contributed by atoms with Crippen LogP contribution in [-0.2, 0) is 17.9 Å². The number of fused-ring (bicyclic) bond motifs is 3. The summed E-state index contributed by atoms with van der Waals surface area (Å²) in [7, 11) is 0. The number of aromatic nitrogens is 4. The van der Waals surface area contributed by atoms with Crippen molar-refractivity contribution in [2.75, 3.05) is 13.1 Å². The first kappa shape index (κ1) is 27.7. The van der Waals surface area contributed by atoms with E-state index in [1.165, 1.54) is 17.3 Å². The van der Waals surface area contributed by atoms with E-state index in [1.54, 1.807) is 0 Å². The van der Waals surface area contributed by atoms with E-state index in [-0.39, 0.29) is 17.2 Å². The number of halogens is 1. The van der Waals surface area contributed by atoms with Gasteiger partial charge < -0.3 is 9.88 Å². The van der Waals surface area contributed by atoms with Crippen molar-refractivity contribution in [3.8, 4) is 0 Å². The molecule has 1 fully saturated rings. The van der Waals surface area contributed by atoms with Crippen LogP contribution in [0, 0.1) is 6.92 Å². The fourth-order valence-electron chi connectivity index (χ4n) is 5.49. The summed E-state index contributed by atoms with van der Waals surface area (Å²) < 4.78 is 2.16. The molecule has 2 aromatic heterocycles. The van der Waals surface area contributed by atoms with E-state index in [0.717, 1.165) is 65.7 Å². The average molecular weight is 585 g/mol. The van der Waals surface area contributed by atoms with Gasteiger partial charge in [-0.15, -0.1) is 10.2 Å². The molecule has 1 atom stereocenters. The molecule has 0 spiro atoms.